The van der Waals surface area contributed by atoms with Gasteiger partial charge in [-0.15, -0.1) is 0 Å². The number of amides is 3. The van der Waals surface area contributed by atoms with E-state index in [0.717, 1.165) is 0 Å². The summed E-state index contributed by atoms with van der Waals surface area (Å²) >= 11 is 1.46. The number of carboxylic acid groups (broad SMARTS) is 1. The second kappa shape index (κ2) is 16.4. The minimum atomic E-state index is -1.16. The topological polar surface area (TPSA) is 234 Å². The maximum absolute atomic E-state index is 13.3. The highest BCUT2D eigenvalue weighted by atomic mass is 32.2. The Bertz CT molecular complexity index is 1000. The van der Waals surface area contributed by atoms with Crippen LogP contribution in [0.4, 0.5) is 0 Å². The highest BCUT2D eigenvalue weighted by Gasteiger charge is 2.30. The van der Waals surface area contributed by atoms with Crippen LogP contribution in [-0.2, 0) is 32.0 Å². The second-order valence-corrected chi connectivity index (χ2v) is 9.74. The van der Waals surface area contributed by atoms with E-state index in [2.05, 4.69) is 35.9 Å². The largest absolute Gasteiger partial charge is 0.480 e. The minimum absolute atomic E-state index is 0.0664. The fourth-order valence-corrected chi connectivity index (χ4v) is 4.10. The molecule has 0 bridgehead atoms. The summed E-state index contributed by atoms with van der Waals surface area (Å²) in [6.45, 7) is 0.403. The number of aromatic nitrogens is 4. The molecule has 10 N–H and O–H groups in total. The number of aliphatic carboxylic acids is 1. The lowest BCUT2D eigenvalue weighted by atomic mass is 10.0. The Kier molecular flexibility index (Phi) is 13.3. The van der Waals surface area contributed by atoms with Crippen LogP contribution in [0.15, 0.2) is 25.0 Å². The van der Waals surface area contributed by atoms with Crippen LogP contribution in [0.5, 0.6) is 0 Å². The van der Waals surface area contributed by atoms with Gasteiger partial charge in [0.15, 0.2) is 0 Å². The van der Waals surface area contributed by atoms with Gasteiger partial charge in [0.2, 0.25) is 17.7 Å². The van der Waals surface area contributed by atoms with Crippen LogP contribution in [0.2, 0.25) is 0 Å². The molecule has 15 heteroatoms. The number of H-pyrrole nitrogens is 2. The van der Waals surface area contributed by atoms with Crippen LogP contribution in [0.3, 0.4) is 0 Å². The van der Waals surface area contributed by atoms with E-state index in [1.165, 1.54) is 30.6 Å². The Morgan fingerprint density at radius 1 is 0.895 bits per heavy atom. The number of aromatic amines is 2. The van der Waals surface area contributed by atoms with Crippen molar-refractivity contribution in [2.75, 3.05) is 18.6 Å². The third kappa shape index (κ3) is 10.5. The van der Waals surface area contributed by atoms with Gasteiger partial charge >= 0.3 is 5.97 Å². The molecular formula is C23H37N9O5S. The molecule has 0 fully saturated rings. The third-order valence-corrected chi connectivity index (χ3v) is 6.39. The van der Waals surface area contributed by atoms with Crippen LogP contribution in [-0.4, -0.2) is 91.5 Å². The van der Waals surface area contributed by atoms with Gasteiger partial charge in [-0.05, 0) is 44.2 Å². The fraction of sp³-hybridized carbons (Fsp3) is 0.565. The number of carboxylic acids is 1. The van der Waals surface area contributed by atoms with Crippen molar-refractivity contribution in [3.05, 3.63) is 36.4 Å². The molecule has 0 aliphatic carbocycles. The average molecular weight is 552 g/mol. The summed E-state index contributed by atoms with van der Waals surface area (Å²) in [7, 11) is 0. The number of imidazole rings is 2. The molecule has 4 unspecified atom stereocenters. The first-order chi connectivity index (χ1) is 18.2. The lowest BCUT2D eigenvalue weighted by Crippen LogP contribution is -2.57. The average Bonchev–Trinajstić information content (AvgIpc) is 3.59. The predicted octanol–water partition coefficient (Wildman–Crippen LogP) is -1.33. The summed E-state index contributed by atoms with van der Waals surface area (Å²) in [6, 6.07) is -4.15. The van der Waals surface area contributed by atoms with Gasteiger partial charge in [0.1, 0.15) is 18.1 Å². The van der Waals surface area contributed by atoms with Crippen molar-refractivity contribution in [3.63, 3.8) is 0 Å². The zero-order valence-electron chi connectivity index (χ0n) is 21.3. The number of thioether (sulfide) groups is 1. The van der Waals surface area contributed by atoms with Crippen LogP contribution < -0.4 is 27.4 Å². The molecule has 210 valence electrons. The molecule has 2 aromatic heterocycles. The SMILES string of the molecule is CSCCC(NC(=O)C(CCCCN)NC(=O)C(Cc1cnc[nH]1)NC(=O)C(N)Cc1cnc[nH]1)C(=O)O. The molecule has 0 spiro atoms. The fourth-order valence-electron chi connectivity index (χ4n) is 3.63. The Morgan fingerprint density at radius 3 is 2.03 bits per heavy atom. The van der Waals surface area contributed by atoms with E-state index in [0.29, 0.717) is 36.5 Å². The summed E-state index contributed by atoms with van der Waals surface area (Å²) in [6.07, 6.45) is 9.70. The summed E-state index contributed by atoms with van der Waals surface area (Å²) in [5.41, 5.74) is 12.9. The number of nitrogens with one attached hydrogen (secondary N) is 5. The zero-order chi connectivity index (χ0) is 27.9. The molecule has 3 amide bonds. The summed E-state index contributed by atoms with van der Waals surface area (Å²) in [4.78, 5) is 64.4. The van der Waals surface area contributed by atoms with Crippen LogP contribution in [0.25, 0.3) is 0 Å². The summed E-state index contributed by atoms with van der Waals surface area (Å²) in [5.74, 6) is -2.42. The molecule has 0 aromatic carbocycles. The monoisotopic (exact) mass is 551 g/mol. The zero-order valence-corrected chi connectivity index (χ0v) is 22.1. The van der Waals surface area contributed by atoms with Gasteiger partial charge in [-0.1, -0.05) is 0 Å². The van der Waals surface area contributed by atoms with Crippen molar-refractivity contribution in [1.29, 1.82) is 0 Å². The van der Waals surface area contributed by atoms with Crippen LogP contribution in [0.1, 0.15) is 37.1 Å². The molecular weight excluding hydrogens is 514 g/mol. The number of nitrogens with two attached hydrogens (primary N) is 2. The van der Waals surface area contributed by atoms with E-state index in [1.54, 1.807) is 6.20 Å². The van der Waals surface area contributed by atoms with E-state index < -0.39 is 47.9 Å². The number of unbranched alkanes of at least 4 members (excludes halogenated alkanes) is 1. The maximum atomic E-state index is 13.3. The predicted molar refractivity (Wildman–Crippen MR) is 142 cm³/mol. The number of carbonyl (C=O) groups is 4. The standard InChI is InChI=1S/C23H37N9O5S/c1-38-7-5-18(23(36)37)31-21(34)17(4-2-3-6-24)30-22(35)19(9-15-11-27-13-29-15)32-20(33)16(25)8-14-10-26-12-28-14/h10-13,16-19H,2-9,24-25H2,1H3,(H,26,28)(H,27,29)(H,30,35)(H,31,34)(H,32,33)(H,36,37). The van der Waals surface area contributed by atoms with E-state index >= 15 is 0 Å². The highest BCUT2D eigenvalue weighted by molar-refractivity contribution is 7.98. The molecule has 0 aliphatic rings. The summed E-state index contributed by atoms with van der Waals surface area (Å²) < 4.78 is 0. The van der Waals surface area contributed by atoms with Gasteiger partial charge in [0.25, 0.3) is 0 Å². The molecule has 0 aliphatic heterocycles. The first kappa shape index (κ1) is 30.8. The van der Waals surface area contributed by atoms with Crippen molar-refractivity contribution in [3.8, 4) is 0 Å². The lowest BCUT2D eigenvalue weighted by molar-refractivity contribution is -0.142. The Labute approximate surface area is 224 Å². The minimum Gasteiger partial charge on any atom is -0.480 e. The van der Waals surface area contributed by atoms with Crippen molar-refractivity contribution < 1.29 is 24.3 Å². The molecule has 38 heavy (non-hydrogen) atoms. The second-order valence-electron chi connectivity index (χ2n) is 8.76. The van der Waals surface area contributed by atoms with Crippen molar-refractivity contribution in [1.82, 2.24) is 35.9 Å². The molecule has 0 saturated carbocycles. The van der Waals surface area contributed by atoms with Gasteiger partial charge in [-0.3, -0.25) is 14.4 Å². The number of hydrogen-bond acceptors (Lipinski definition) is 9. The quantitative estimate of drug-likeness (QED) is 0.102. The Morgan fingerprint density at radius 2 is 1.47 bits per heavy atom. The molecule has 2 aromatic rings. The normalized spacial score (nSPS) is 14.2. The lowest BCUT2D eigenvalue weighted by Gasteiger charge is -2.25. The number of hydrogen-bond donors (Lipinski definition) is 8. The Hall–Kier alpha value is -3.43. The summed E-state index contributed by atoms with van der Waals surface area (Å²) in [5, 5.41) is 17.4. The van der Waals surface area contributed by atoms with E-state index in [1.807, 2.05) is 6.26 Å². The Balaban J connectivity index is 2.14. The molecule has 14 nitrogen and oxygen atoms in total. The van der Waals surface area contributed by atoms with E-state index in [4.69, 9.17) is 11.5 Å². The first-order valence-corrected chi connectivity index (χ1v) is 13.7. The first-order valence-electron chi connectivity index (χ1n) is 12.3. The van der Waals surface area contributed by atoms with E-state index in [9.17, 15) is 24.3 Å². The molecule has 2 heterocycles. The van der Waals surface area contributed by atoms with Gasteiger partial charge in [0.05, 0.1) is 18.7 Å². The highest BCUT2D eigenvalue weighted by Crippen LogP contribution is 2.07. The van der Waals surface area contributed by atoms with Crippen LogP contribution >= 0.6 is 11.8 Å². The molecule has 0 radical (unpaired) electrons. The van der Waals surface area contributed by atoms with Crippen LogP contribution in [0, 0.1) is 0 Å². The van der Waals surface area contributed by atoms with Gasteiger partial charge < -0.3 is 42.5 Å². The van der Waals surface area contributed by atoms with Gasteiger partial charge in [-0.2, -0.15) is 11.8 Å². The number of rotatable bonds is 18. The van der Waals surface area contributed by atoms with Gasteiger partial charge in [-0.25, -0.2) is 14.8 Å². The number of nitrogens with zero attached hydrogens (tertiary/aromatic N) is 2. The third-order valence-electron chi connectivity index (χ3n) is 5.75. The maximum Gasteiger partial charge on any atom is 0.326 e. The molecule has 2 rings (SSSR count). The van der Waals surface area contributed by atoms with Crippen molar-refractivity contribution >= 4 is 35.5 Å². The van der Waals surface area contributed by atoms with Crippen molar-refractivity contribution in [2.45, 2.75) is 62.7 Å². The number of carbonyl (C=O) groups excluding carboxylic acids is 3. The van der Waals surface area contributed by atoms with E-state index in [-0.39, 0.29) is 25.7 Å². The molecule has 4 atom stereocenters. The molecule has 0 saturated heterocycles. The van der Waals surface area contributed by atoms with Gasteiger partial charge in [0, 0.05) is 36.6 Å². The van der Waals surface area contributed by atoms with Crippen molar-refractivity contribution in [2.24, 2.45) is 11.5 Å². The smallest absolute Gasteiger partial charge is 0.326 e.